The Morgan fingerprint density at radius 3 is 1.97 bits per heavy atom. The van der Waals surface area contributed by atoms with Gasteiger partial charge in [0.05, 0.1) is 6.54 Å². The van der Waals surface area contributed by atoms with Crippen LogP contribution in [0, 0.1) is 28.6 Å². The third kappa shape index (κ3) is 24.3. The van der Waals surface area contributed by atoms with Crippen molar-refractivity contribution >= 4 is 0 Å². The van der Waals surface area contributed by atoms with E-state index in [1.807, 2.05) is 0 Å². The van der Waals surface area contributed by atoms with Crippen LogP contribution in [0.15, 0.2) is 41.6 Å². The minimum atomic E-state index is 0.414. The Morgan fingerprint density at radius 2 is 1.33 bits per heavy atom. The number of hydrogen-bond acceptors (Lipinski definition) is 2. The highest BCUT2D eigenvalue weighted by molar-refractivity contribution is 4.95. The van der Waals surface area contributed by atoms with Crippen LogP contribution in [0.4, 0.5) is 0 Å². The second kappa shape index (κ2) is 27.0. The van der Waals surface area contributed by atoms with Crippen LogP contribution in [0.2, 0.25) is 0 Å². The highest BCUT2D eigenvalue weighted by atomic mass is 16.3. The van der Waals surface area contributed by atoms with Crippen LogP contribution in [0.25, 0.3) is 0 Å². The molecule has 1 saturated carbocycles. The quantitative estimate of drug-likeness (QED) is 0.0526. The molecule has 0 aromatic heterocycles. The second-order valence-electron chi connectivity index (χ2n) is 12.8. The van der Waals surface area contributed by atoms with Crippen molar-refractivity contribution in [3.8, 4) is 0 Å². The maximum absolute atomic E-state index is 10.5. The average Bonchev–Trinajstić information content (AvgIpc) is 3.76. The predicted octanol–water partition coefficient (Wildman–Crippen LogP) is 12.9. The molecule has 0 saturated heterocycles. The Hall–Kier alpha value is -1.18. The molecular weight excluding hydrogens is 474 g/mol. The number of hydrogen-bond donors (Lipinski definition) is 0. The summed E-state index contributed by atoms with van der Waals surface area (Å²) in [5.74, 6) is 3.27. The SMILES string of the molecule is C/C=C/CC(/C=C\CCCC(/C=C/CCN=O)CCCCCCCCCCCCC)CC(C)CCCC1CC1. The molecule has 1 fully saturated rings. The van der Waals surface area contributed by atoms with Crippen LogP contribution < -0.4 is 0 Å². The molecule has 226 valence electrons. The lowest BCUT2D eigenvalue weighted by molar-refractivity contribution is 0.403. The Bertz CT molecular complexity index is 617. The summed E-state index contributed by atoms with van der Waals surface area (Å²) in [6.45, 7) is 7.32. The topological polar surface area (TPSA) is 29.4 Å². The van der Waals surface area contributed by atoms with Gasteiger partial charge in [0.15, 0.2) is 0 Å². The summed E-state index contributed by atoms with van der Waals surface area (Å²) in [6, 6.07) is 0. The third-order valence-electron chi connectivity index (χ3n) is 8.71. The molecule has 0 spiro atoms. The van der Waals surface area contributed by atoms with Crippen LogP contribution in [0.5, 0.6) is 0 Å². The van der Waals surface area contributed by atoms with E-state index in [2.05, 4.69) is 62.4 Å². The van der Waals surface area contributed by atoms with Gasteiger partial charge in [0, 0.05) is 0 Å². The minimum Gasteiger partial charge on any atom is -0.151 e. The summed E-state index contributed by atoms with van der Waals surface area (Å²) in [5, 5.41) is 3.02. The van der Waals surface area contributed by atoms with Crippen LogP contribution in [0.1, 0.15) is 168 Å². The van der Waals surface area contributed by atoms with Gasteiger partial charge in [-0.05, 0) is 75.5 Å². The average molecular weight is 542 g/mol. The Balaban J connectivity index is 2.28. The van der Waals surface area contributed by atoms with Gasteiger partial charge in [-0.1, -0.05) is 158 Å². The molecule has 1 aliphatic carbocycles. The van der Waals surface area contributed by atoms with E-state index in [0.717, 1.165) is 18.3 Å². The Labute approximate surface area is 244 Å². The van der Waals surface area contributed by atoms with Crippen molar-refractivity contribution in [2.75, 3.05) is 6.54 Å². The van der Waals surface area contributed by atoms with E-state index in [-0.39, 0.29) is 0 Å². The van der Waals surface area contributed by atoms with Crippen molar-refractivity contribution < 1.29 is 0 Å². The van der Waals surface area contributed by atoms with Crippen molar-refractivity contribution in [3.05, 3.63) is 41.4 Å². The summed E-state index contributed by atoms with van der Waals surface area (Å²) in [4.78, 5) is 10.5. The van der Waals surface area contributed by atoms with E-state index in [9.17, 15) is 4.91 Å². The van der Waals surface area contributed by atoms with Gasteiger partial charge >= 0.3 is 0 Å². The van der Waals surface area contributed by atoms with Crippen molar-refractivity contribution in [2.24, 2.45) is 28.8 Å². The summed E-state index contributed by atoms with van der Waals surface area (Å²) in [5.41, 5.74) is 0. The molecule has 39 heavy (non-hydrogen) atoms. The number of rotatable bonds is 29. The van der Waals surface area contributed by atoms with Gasteiger partial charge in [0.25, 0.3) is 0 Å². The van der Waals surface area contributed by atoms with Crippen molar-refractivity contribution in [1.82, 2.24) is 0 Å². The van der Waals surface area contributed by atoms with E-state index in [0.29, 0.717) is 18.4 Å². The van der Waals surface area contributed by atoms with E-state index < -0.39 is 0 Å². The molecule has 0 aromatic carbocycles. The molecule has 2 heteroatoms. The molecular formula is C37H67NO. The molecule has 0 radical (unpaired) electrons. The van der Waals surface area contributed by atoms with Gasteiger partial charge in [-0.2, -0.15) is 4.91 Å². The molecule has 0 amide bonds. The Kier molecular flexibility index (Phi) is 24.8. The highest BCUT2D eigenvalue weighted by Crippen LogP contribution is 2.35. The second-order valence-corrected chi connectivity index (χ2v) is 12.8. The molecule has 1 rings (SSSR count). The van der Waals surface area contributed by atoms with E-state index in [1.165, 1.54) is 141 Å². The van der Waals surface area contributed by atoms with Crippen LogP contribution in [0.3, 0.4) is 0 Å². The van der Waals surface area contributed by atoms with Gasteiger partial charge in [-0.3, -0.25) is 0 Å². The van der Waals surface area contributed by atoms with E-state index in [1.54, 1.807) is 0 Å². The van der Waals surface area contributed by atoms with Crippen LogP contribution >= 0.6 is 0 Å². The predicted molar refractivity (Wildman–Crippen MR) is 175 cm³/mol. The fourth-order valence-electron chi connectivity index (χ4n) is 5.97. The zero-order chi connectivity index (χ0) is 28.2. The highest BCUT2D eigenvalue weighted by Gasteiger charge is 2.20. The molecule has 0 heterocycles. The number of unbranched alkanes of at least 4 members (excludes halogenated alkanes) is 11. The van der Waals surface area contributed by atoms with Crippen LogP contribution in [-0.2, 0) is 0 Å². The van der Waals surface area contributed by atoms with E-state index >= 15 is 0 Å². The molecule has 0 aromatic rings. The largest absolute Gasteiger partial charge is 0.151 e. The normalized spacial score (nSPS) is 16.5. The first-order valence-corrected chi connectivity index (χ1v) is 17.4. The van der Waals surface area contributed by atoms with Gasteiger partial charge in [-0.25, -0.2) is 0 Å². The fourth-order valence-corrected chi connectivity index (χ4v) is 5.97. The third-order valence-corrected chi connectivity index (χ3v) is 8.71. The summed E-state index contributed by atoms with van der Waals surface area (Å²) in [6.07, 6.45) is 45.3. The molecule has 2 nitrogen and oxygen atoms in total. The molecule has 0 bridgehead atoms. The van der Waals surface area contributed by atoms with E-state index in [4.69, 9.17) is 0 Å². The van der Waals surface area contributed by atoms with Gasteiger partial charge in [0.2, 0.25) is 0 Å². The maximum Gasteiger partial charge on any atom is 0.0845 e. The lowest BCUT2D eigenvalue weighted by Crippen LogP contribution is -2.04. The zero-order valence-electron chi connectivity index (χ0n) is 26.6. The molecule has 3 unspecified atom stereocenters. The van der Waals surface area contributed by atoms with Crippen molar-refractivity contribution in [2.45, 2.75) is 168 Å². The van der Waals surface area contributed by atoms with Crippen molar-refractivity contribution in [3.63, 3.8) is 0 Å². The van der Waals surface area contributed by atoms with Gasteiger partial charge < -0.3 is 0 Å². The molecule has 1 aliphatic rings. The first-order chi connectivity index (χ1) is 19.2. The van der Waals surface area contributed by atoms with Gasteiger partial charge in [-0.15, -0.1) is 0 Å². The first-order valence-electron chi connectivity index (χ1n) is 17.4. The smallest absolute Gasteiger partial charge is 0.0845 e. The number of nitrogens with zero attached hydrogens (tertiary/aromatic N) is 1. The number of nitroso groups, excluding NO2 is 1. The summed E-state index contributed by atoms with van der Waals surface area (Å²) >= 11 is 0. The van der Waals surface area contributed by atoms with Gasteiger partial charge in [0.1, 0.15) is 0 Å². The first kappa shape index (κ1) is 35.8. The lowest BCUT2D eigenvalue weighted by atomic mass is 9.88. The monoisotopic (exact) mass is 542 g/mol. The fraction of sp³-hybridized carbons (Fsp3) is 0.838. The summed E-state index contributed by atoms with van der Waals surface area (Å²) < 4.78 is 0. The minimum absolute atomic E-state index is 0.414. The maximum atomic E-state index is 10.5. The van der Waals surface area contributed by atoms with Crippen molar-refractivity contribution in [1.29, 1.82) is 0 Å². The lowest BCUT2D eigenvalue weighted by Gasteiger charge is -2.17. The molecule has 0 aliphatic heterocycles. The Morgan fingerprint density at radius 1 is 0.718 bits per heavy atom. The standard InChI is InChI=1S/C37H67NO/c1-4-6-8-9-10-11-12-13-14-15-17-25-35(27-20-21-32-38-39)26-18-16-19-28-37(24-7-5-2)33-34(3)23-22-29-36-30-31-36/h5,7,19-20,27-28,34-37H,4,6,8-18,21-26,29-33H2,1-3H3/b7-5+,27-20+,28-19-. The zero-order valence-corrected chi connectivity index (χ0v) is 26.6. The molecule has 3 atom stereocenters. The molecule has 0 N–H and O–H groups in total. The summed E-state index contributed by atoms with van der Waals surface area (Å²) in [7, 11) is 0. The number of allylic oxidation sites excluding steroid dienone is 5. The van der Waals surface area contributed by atoms with Crippen LogP contribution in [-0.4, -0.2) is 6.54 Å².